The average molecular weight is 182 g/mol. The Hall–Kier alpha value is -0.0800. The van der Waals surface area contributed by atoms with E-state index in [4.69, 9.17) is 4.74 Å². The van der Waals surface area contributed by atoms with Crippen LogP contribution in [0.3, 0.4) is 0 Å². The summed E-state index contributed by atoms with van der Waals surface area (Å²) in [5, 5.41) is 9.55. The van der Waals surface area contributed by atoms with Gasteiger partial charge >= 0.3 is 0 Å². The highest BCUT2D eigenvalue weighted by molar-refractivity contribution is 5.13. The van der Waals surface area contributed by atoms with E-state index in [9.17, 15) is 5.11 Å². The predicted molar refractivity (Wildman–Crippen MR) is 49.4 cm³/mol. The van der Waals surface area contributed by atoms with Crippen molar-refractivity contribution in [3.63, 3.8) is 0 Å². The van der Waals surface area contributed by atoms with Gasteiger partial charge in [-0.3, -0.25) is 0 Å². The Bertz CT molecular complexity index is 220. The van der Waals surface area contributed by atoms with Crippen LogP contribution in [-0.4, -0.2) is 23.4 Å². The molecule has 0 aromatic carbocycles. The second kappa shape index (κ2) is 2.48. The first-order valence-corrected chi connectivity index (χ1v) is 5.59. The summed E-state index contributed by atoms with van der Waals surface area (Å²) in [6, 6.07) is 0. The van der Waals surface area contributed by atoms with Crippen LogP contribution in [0.5, 0.6) is 0 Å². The van der Waals surface area contributed by atoms with Gasteiger partial charge in [0.2, 0.25) is 0 Å². The first-order chi connectivity index (χ1) is 6.27. The molecule has 3 rings (SSSR count). The molecule has 1 heterocycles. The Balaban J connectivity index is 1.84. The van der Waals surface area contributed by atoms with E-state index in [1.165, 1.54) is 38.5 Å². The minimum atomic E-state index is -0.183. The van der Waals surface area contributed by atoms with Crippen molar-refractivity contribution in [1.29, 1.82) is 0 Å². The molecule has 2 atom stereocenters. The molecule has 1 aliphatic heterocycles. The van der Waals surface area contributed by atoms with Crippen molar-refractivity contribution in [1.82, 2.24) is 0 Å². The Morgan fingerprint density at radius 2 is 1.85 bits per heavy atom. The zero-order chi connectivity index (χ0) is 8.94. The molecule has 2 nitrogen and oxygen atoms in total. The molecule has 2 saturated carbocycles. The molecule has 0 bridgehead atoms. The SMILES string of the molecule is OC1COC2(CCC23CCCC3)C1. The number of rotatable bonds is 0. The summed E-state index contributed by atoms with van der Waals surface area (Å²) in [5.41, 5.74) is 0.605. The second-order valence-electron chi connectivity index (χ2n) is 5.15. The van der Waals surface area contributed by atoms with Gasteiger partial charge in [0, 0.05) is 6.42 Å². The molecule has 3 fully saturated rings. The molecule has 13 heavy (non-hydrogen) atoms. The van der Waals surface area contributed by atoms with Gasteiger partial charge in [-0.1, -0.05) is 12.8 Å². The predicted octanol–water partition coefficient (Wildman–Crippen LogP) is 1.86. The summed E-state index contributed by atoms with van der Waals surface area (Å²) in [4.78, 5) is 0. The normalized spacial score (nSPS) is 47.3. The van der Waals surface area contributed by atoms with Crippen LogP contribution in [0.15, 0.2) is 0 Å². The van der Waals surface area contributed by atoms with E-state index in [0.717, 1.165) is 6.42 Å². The maximum absolute atomic E-state index is 9.55. The van der Waals surface area contributed by atoms with E-state index in [0.29, 0.717) is 12.0 Å². The van der Waals surface area contributed by atoms with Crippen LogP contribution in [0.4, 0.5) is 0 Å². The van der Waals surface area contributed by atoms with Gasteiger partial charge in [0.05, 0.1) is 18.3 Å². The Morgan fingerprint density at radius 1 is 1.08 bits per heavy atom. The number of hydrogen-bond donors (Lipinski definition) is 1. The van der Waals surface area contributed by atoms with Crippen LogP contribution < -0.4 is 0 Å². The van der Waals surface area contributed by atoms with Crippen molar-refractivity contribution in [2.75, 3.05) is 6.61 Å². The number of aliphatic hydroxyl groups is 1. The minimum absolute atomic E-state index is 0.114. The number of aliphatic hydroxyl groups excluding tert-OH is 1. The molecule has 2 unspecified atom stereocenters. The second-order valence-corrected chi connectivity index (χ2v) is 5.15. The van der Waals surface area contributed by atoms with E-state index in [-0.39, 0.29) is 11.7 Å². The molecule has 0 aromatic rings. The van der Waals surface area contributed by atoms with Gasteiger partial charge in [-0.25, -0.2) is 0 Å². The minimum Gasteiger partial charge on any atom is -0.391 e. The molecule has 0 radical (unpaired) electrons. The van der Waals surface area contributed by atoms with Crippen LogP contribution in [0.25, 0.3) is 0 Å². The standard InChI is InChI=1S/C11H18O2/c12-9-7-11(13-8-9)6-5-10(11)3-1-2-4-10/h9,12H,1-8H2. The first-order valence-electron chi connectivity index (χ1n) is 5.59. The highest BCUT2D eigenvalue weighted by Gasteiger charge is 2.62. The summed E-state index contributed by atoms with van der Waals surface area (Å²) >= 11 is 0. The molecule has 3 aliphatic rings. The molecule has 0 aromatic heterocycles. The van der Waals surface area contributed by atoms with Crippen molar-refractivity contribution < 1.29 is 9.84 Å². The molecular weight excluding hydrogens is 164 g/mol. The maximum atomic E-state index is 9.55. The fraction of sp³-hybridized carbons (Fsp3) is 1.00. The molecule has 74 valence electrons. The maximum Gasteiger partial charge on any atom is 0.0801 e. The monoisotopic (exact) mass is 182 g/mol. The molecule has 1 N–H and O–H groups in total. The van der Waals surface area contributed by atoms with Gasteiger partial charge in [-0.15, -0.1) is 0 Å². The van der Waals surface area contributed by atoms with E-state index >= 15 is 0 Å². The van der Waals surface area contributed by atoms with Crippen LogP contribution in [0.1, 0.15) is 44.9 Å². The lowest BCUT2D eigenvalue weighted by molar-refractivity contribution is -0.173. The van der Waals surface area contributed by atoms with E-state index in [2.05, 4.69) is 0 Å². The lowest BCUT2D eigenvalue weighted by atomic mass is 9.54. The van der Waals surface area contributed by atoms with Crippen molar-refractivity contribution in [3.05, 3.63) is 0 Å². The third kappa shape index (κ3) is 0.909. The molecule has 2 spiro atoms. The van der Waals surface area contributed by atoms with Crippen molar-refractivity contribution >= 4 is 0 Å². The number of hydrogen-bond acceptors (Lipinski definition) is 2. The van der Waals surface area contributed by atoms with Crippen LogP contribution in [0.2, 0.25) is 0 Å². The van der Waals surface area contributed by atoms with E-state index in [1.54, 1.807) is 0 Å². The third-order valence-electron chi connectivity index (χ3n) is 4.65. The molecule has 1 saturated heterocycles. The number of ether oxygens (including phenoxy) is 1. The highest BCUT2D eigenvalue weighted by Crippen LogP contribution is 2.64. The lowest BCUT2D eigenvalue weighted by Gasteiger charge is -2.55. The Morgan fingerprint density at radius 3 is 2.31 bits per heavy atom. The average Bonchev–Trinajstić information content (AvgIpc) is 2.70. The highest BCUT2D eigenvalue weighted by atomic mass is 16.5. The molecule has 2 aliphatic carbocycles. The lowest BCUT2D eigenvalue weighted by Crippen LogP contribution is -2.55. The number of fused-ring (bicyclic) bond motifs is 1. The molecule has 2 heteroatoms. The zero-order valence-corrected chi connectivity index (χ0v) is 8.09. The summed E-state index contributed by atoms with van der Waals surface area (Å²) in [6.07, 6.45) is 8.72. The van der Waals surface area contributed by atoms with Gasteiger partial charge < -0.3 is 9.84 Å². The van der Waals surface area contributed by atoms with Crippen molar-refractivity contribution in [2.24, 2.45) is 5.41 Å². The molecular formula is C11H18O2. The summed E-state index contributed by atoms with van der Waals surface area (Å²) < 4.78 is 5.88. The fourth-order valence-corrected chi connectivity index (χ4v) is 3.81. The topological polar surface area (TPSA) is 29.5 Å². The smallest absolute Gasteiger partial charge is 0.0801 e. The van der Waals surface area contributed by atoms with Gasteiger partial charge in [-0.2, -0.15) is 0 Å². The Labute approximate surface area is 79.3 Å². The van der Waals surface area contributed by atoms with Crippen molar-refractivity contribution in [3.8, 4) is 0 Å². The fourth-order valence-electron chi connectivity index (χ4n) is 3.81. The summed E-state index contributed by atoms with van der Waals surface area (Å²) in [7, 11) is 0. The first kappa shape index (κ1) is 8.25. The third-order valence-corrected chi connectivity index (χ3v) is 4.65. The van der Waals surface area contributed by atoms with Gasteiger partial charge in [-0.05, 0) is 31.1 Å². The molecule has 0 amide bonds. The van der Waals surface area contributed by atoms with E-state index < -0.39 is 0 Å². The van der Waals surface area contributed by atoms with Crippen LogP contribution >= 0.6 is 0 Å². The Kier molecular flexibility index (Phi) is 1.58. The van der Waals surface area contributed by atoms with Crippen molar-refractivity contribution in [2.45, 2.75) is 56.7 Å². The zero-order valence-electron chi connectivity index (χ0n) is 8.09. The van der Waals surface area contributed by atoms with Gasteiger partial charge in [0.1, 0.15) is 0 Å². The quantitative estimate of drug-likeness (QED) is 0.619. The largest absolute Gasteiger partial charge is 0.391 e. The van der Waals surface area contributed by atoms with Gasteiger partial charge in [0.15, 0.2) is 0 Å². The van der Waals surface area contributed by atoms with Crippen LogP contribution in [-0.2, 0) is 4.74 Å². The summed E-state index contributed by atoms with van der Waals surface area (Å²) in [6.45, 7) is 0.585. The summed E-state index contributed by atoms with van der Waals surface area (Å²) in [5.74, 6) is 0. The van der Waals surface area contributed by atoms with Crippen LogP contribution in [0, 0.1) is 5.41 Å². The van der Waals surface area contributed by atoms with Gasteiger partial charge in [0.25, 0.3) is 0 Å². The van der Waals surface area contributed by atoms with E-state index in [1.807, 2.05) is 0 Å².